The van der Waals surface area contributed by atoms with Gasteiger partial charge in [-0.3, -0.25) is 9.59 Å². The highest BCUT2D eigenvalue weighted by atomic mass is 35.5. The molecule has 0 atom stereocenters. The number of aryl methyl sites for hydroxylation is 1. The molecule has 0 spiro atoms. The molecule has 0 aliphatic rings. The molecule has 0 bridgehead atoms. The molecule has 25 heavy (non-hydrogen) atoms. The van der Waals surface area contributed by atoms with Gasteiger partial charge in [-0.05, 0) is 25.1 Å². The van der Waals surface area contributed by atoms with E-state index in [9.17, 15) is 9.59 Å². The predicted octanol–water partition coefficient (Wildman–Crippen LogP) is 5.13. The van der Waals surface area contributed by atoms with Crippen LogP contribution in [0.3, 0.4) is 0 Å². The predicted molar refractivity (Wildman–Crippen MR) is 100 cm³/mol. The molecule has 124 valence electrons. The maximum Gasteiger partial charge on any atom is 0.256 e. The van der Waals surface area contributed by atoms with E-state index < -0.39 is 0 Å². The number of amides is 1. The fraction of sp³-hybridized carbons (Fsp3) is 0.0476. The van der Waals surface area contributed by atoms with Gasteiger partial charge in [0.1, 0.15) is 0 Å². The Morgan fingerprint density at radius 2 is 1.40 bits per heavy atom. The quantitative estimate of drug-likeness (QED) is 0.663. The average Bonchev–Trinajstić information content (AvgIpc) is 2.63. The van der Waals surface area contributed by atoms with Crippen molar-refractivity contribution in [3.05, 3.63) is 100 Å². The van der Waals surface area contributed by atoms with Gasteiger partial charge in [0, 0.05) is 11.1 Å². The average molecular weight is 350 g/mol. The molecule has 1 N–H and O–H groups in total. The molecule has 3 aromatic carbocycles. The topological polar surface area (TPSA) is 46.2 Å². The molecule has 0 aliphatic carbocycles. The van der Waals surface area contributed by atoms with Crippen LogP contribution < -0.4 is 5.32 Å². The maximum absolute atomic E-state index is 12.8. The second-order valence-corrected chi connectivity index (χ2v) is 6.08. The van der Waals surface area contributed by atoms with E-state index in [-0.39, 0.29) is 11.7 Å². The molecule has 3 rings (SSSR count). The van der Waals surface area contributed by atoms with Gasteiger partial charge in [-0.15, -0.1) is 0 Å². The van der Waals surface area contributed by atoms with E-state index in [0.717, 1.165) is 5.56 Å². The van der Waals surface area contributed by atoms with Gasteiger partial charge >= 0.3 is 0 Å². The van der Waals surface area contributed by atoms with E-state index in [1.807, 2.05) is 19.1 Å². The van der Waals surface area contributed by atoms with Gasteiger partial charge in [-0.2, -0.15) is 0 Å². The van der Waals surface area contributed by atoms with Crippen molar-refractivity contribution >= 4 is 29.0 Å². The van der Waals surface area contributed by atoms with E-state index >= 15 is 0 Å². The number of rotatable bonds is 4. The molecule has 3 aromatic rings. The number of ketones is 1. The van der Waals surface area contributed by atoms with E-state index in [1.54, 1.807) is 60.7 Å². The summed E-state index contributed by atoms with van der Waals surface area (Å²) in [6.07, 6.45) is 0. The Labute approximate surface area is 151 Å². The van der Waals surface area contributed by atoms with E-state index in [2.05, 4.69) is 5.32 Å². The first kappa shape index (κ1) is 16.9. The number of anilines is 1. The fourth-order valence-corrected chi connectivity index (χ4v) is 2.67. The van der Waals surface area contributed by atoms with E-state index in [0.29, 0.717) is 27.4 Å². The summed E-state index contributed by atoms with van der Waals surface area (Å²) in [6, 6.07) is 21.0. The zero-order valence-electron chi connectivity index (χ0n) is 13.6. The molecule has 4 heteroatoms. The first-order valence-electron chi connectivity index (χ1n) is 7.82. The van der Waals surface area contributed by atoms with Crippen LogP contribution in [0, 0.1) is 6.92 Å². The molecule has 0 aromatic heterocycles. The van der Waals surface area contributed by atoms with Crippen molar-refractivity contribution in [3.8, 4) is 0 Å². The minimum absolute atomic E-state index is 0.190. The Morgan fingerprint density at radius 1 is 0.800 bits per heavy atom. The lowest BCUT2D eigenvalue weighted by atomic mass is 9.97. The smallest absolute Gasteiger partial charge is 0.256 e. The summed E-state index contributed by atoms with van der Waals surface area (Å²) in [5.41, 5.74) is 2.79. The Balaban J connectivity index is 1.93. The SMILES string of the molecule is Cc1ccc(C(=O)c2ccccc2C(=O)Nc2ccccc2Cl)cc1. The summed E-state index contributed by atoms with van der Waals surface area (Å²) in [5.74, 6) is -0.561. The second-order valence-electron chi connectivity index (χ2n) is 5.67. The van der Waals surface area contributed by atoms with Crippen molar-refractivity contribution in [2.75, 3.05) is 5.32 Å². The van der Waals surface area contributed by atoms with Crippen LogP contribution in [0.1, 0.15) is 31.8 Å². The highest BCUT2D eigenvalue weighted by Gasteiger charge is 2.18. The number of carbonyl (C=O) groups is 2. The fourth-order valence-electron chi connectivity index (χ4n) is 2.49. The van der Waals surface area contributed by atoms with Crippen molar-refractivity contribution < 1.29 is 9.59 Å². The minimum Gasteiger partial charge on any atom is -0.321 e. The first-order chi connectivity index (χ1) is 12.1. The molecular weight excluding hydrogens is 334 g/mol. The van der Waals surface area contributed by atoms with Crippen LogP contribution in [0.2, 0.25) is 5.02 Å². The molecule has 0 aliphatic heterocycles. The van der Waals surface area contributed by atoms with Gasteiger partial charge in [0.2, 0.25) is 0 Å². The lowest BCUT2D eigenvalue weighted by Gasteiger charge is -2.11. The lowest BCUT2D eigenvalue weighted by molar-refractivity contribution is 0.0996. The van der Waals surface area contributed by atoms with Crippen LogP contribution in [0.5, 0.6) is 0 Å². The first-order valence-corrected chi connectivity index (χ1v) is 8.20. The van der Waals surface area contributed by atoms with Crippen molar-refractivity contribution in [1.82, 2.24) is 0 Å². The number of hydrogen-bond donors (Lipinski definition) is 1. The maximum atomic E-state index is 12.8. The van der Waals surface area contributed by atoms with Crippen LogP contribution in [0.4, 0.5) is 5.69 Å². The summed E-state index contributed by atoms with van der Waals surface area (Å²) in [6.45, 7) is 1.96. The van der Waals surface area contributed by atoms with Gasteiger partial charge in [0.15, 0.2) is 5.78 Å². The molecule has 0 radical (unpaired) electrons. The molecule has 0 saturated heterocycles. The van der Waals surface area contributed by atoms with Crippen molar-refractivity contribution in [2.45, 2.75) is 6.92 Å². The normalized spacial score (nSPS) is 10.3. The van der Waals surface area contributed by atoms with Crippen LogP contribution in [0.15, 0.2) is 72.8 Å². The summed E-state index contributed by atoms with van der Waals surface area (Å²) >= 11 is 6.09. The van der Waals surface area contributed by atoms with Crippen molar-refractivity contribution in [2.24, 2.45) is 0 Å². The summed E-state index contributed by atoms with van der Waals surface area (Å²) in [5, 5.41) is 3.20. The zero-order chi connectivity index (χ0) is 17.8. The van der Waals surface area contributed by atoms with E-state index in [1.165, 1.54) is 0 Å². The number of hydrogen-bond acceptors (Lipinski definition) is 2. The molecule has 3 nitrogen and oxygen atoms in total. The Morgan fingerprint density at radius 3 is 2.08 bits per heavy atom. The number of carbonyl (C=O) groups excluding carboxylic acids is 2. The third kappa shape index (κ3) is 3.78. The number of benzene rings is 3. The van der Waals surface area contributed by atoms with Crippen LogP contribution in [-0.2, 0) is 0 Å². The monoisotopic (exact) mass is 349 g/mol. The Kier molecular flexibility index (Phi) is 4.96. The van der Waals surface area contributed by atoms with Gasteiger partial charge in [0.25, 0.3) is 5.91 Å². The highest BCUT2D eigenvalue weighted by Crippen LogP contribution is 2.22. The highest BCUT2D eigenvalue weighted by molar-refractivity contribution is 6.34. The Hall–Kier alpha value is -2.91. The van der Waals surface area contributed by atoms with Gasteiger partial charge in [0.05, 0.1) is 16.3 Å². The van der Waals surface area contributed by atoms with Crippen molar-refractivity contribution in [3.63, 3.8) is 0 Å². The Bertz CT molecular complexity index is 933. The van der Waals surface area contributed by atoms with Crippen LogP contribution in [0.25, 0.3) is 0 Å². The van der Waals surface area contributed by atoms with Crippen molar-refractivity contribution in [1.29, 1.82) is 0 Å². The zero-order valence-corrected chi connectivity index (χ0v) is 14.4. The third-order valence-corrected chi connectivity index (χ3v) is 4.18. The second kappa shape index (κ2) is 7.32. The number of para-hydroxylation sites is 1. The molecule has 0 heterocycles. The molecule has 1 amide bonds. The number of nitrogens with one attached hydrogen (secondary N) is 1. The summed E-state index contributed by atoms with van der Waals surface area (Å²) in [4.78, 5) is 25.5. The van der Waals surface area contributed by atoms with Gasteiger partial charge in [-0.1, -0.05) is 71.8 Å². The van der Waals surface area contributed by atoms with Crippen LogP contribution >= 0.6 is 11.6 Å². The molecule has 0 fully saturated rings. The summed E-state index contributed by atoms with van der Waals surface area (Å²) < 4.78 is 0. The van der Waals surface area contributed by atoms with Gasteiger partial charge in [-0.25, -0.2) is 0 Å². The lowest BCUT2D eigenvalue weighted by Crippen LogP contribution is -2.17. The standard InChI is InChI=1S/C21H16ClNO2/c1-14-10-12-15(13-11-14)20(24)16-6-2-3-7-17(16)21(25)23-19-9-5-4-8-18(19)22/h2-13H,1H3,(H,23,25). The molecule has 0 saturated carbocycles. The minimum atomic E-state index is -0.371. The largest absolute Gasteiger partial charge is 0.321 e. The van der Waals surface area contributed by atoms with Gasteiger partial charge < -0.3 is 5.32 Å². The third-order valence-electron chi connectivity index (χ3n) is 3.85. The van der Waals surface area contributed by atoms with E-state index in [4.69, 9.17) is 11.6 Å². The summed E-state index contributed by atoms with van der Waals surface area (Å²) in [7, 11) is 0. The van der Waals surface area contributed by atoms with Crippen LogP contribution in [-0.4, -0.2) is 11.7 Å². The number of halogens is 1. The molecule has 0 unspecified atom stereocenters. The molecular formula is C21H16ClNO2.